The molecule has 0 saturated carbocycles. The van der Waals surface area contributed by atoms with Crippen LogP contribution in [0.5, 0.6) is 0 Å². The van der Waals surface area contributed by atoms with E-state index in [1.54, 1.807) is 18.2 Å². The second-order valence-corrected chi connectivity index (χ2v) is 9.80. The van der Waals surface area contributed by atoms with Crippen LogP contribution in [-0.4, -0.2) is 43.3 Å². The second-order valence-electron chi connectivity index (χ2n) is 9.80. The minimum absolute atomic E-state index is 0.0633. The number of carbonyl (C=O) groups is 2. The quantitative estimate of drug-likeness (QED) is 0.396. The Kier molecular flexibility index (Phi) is 11.1. The lowest BCUT2D eigenvalue weighted by atomic mass is 9.98. The predicted molar refractivity (Wildman–Crippen MR) is 154 cm³/mol. The van der Waals surface area contributed by atoms with Crippen LogP contribution in [0.25, 0.3) is 5.57 Å². The van der Waals surface area contributed by atoms with E-state index in [-0.39, 0.29) is 11.7 Å². The largest absolute Gasteiger partial charge is 0.307 e. The smallest absolute Gasteiger partial charge is 0.259 e. The molecule has 2 aliphatic rings. The fraction of sp³-hybridized carbons (Fsp3) is 0.375. The van der Waals surface area contributed by atoms with Crippen molar-refractivity contribution in [3.63, 3.8) is 0 Å². The number of benzene rings is 2. The molecule has 36 heavy (non-hydrogen) atoms. The number of para-hydroxylation sites is 1. The lowest BCUT2D eigenvalue weighted by Crippen LogP contribution is -2.31. The summed E-state index contributed by atoms with van der Waals surface area (Å²) in [6.45, 7) is 19.6. The monoisotopic (exact) mass is 486 g/mol. The molecule has 1 aliphatic carbocycles. The highest BCUT2D eigenvalue weighted by Crippen LogP contribution is 2.40. The Labute approximate surface area is 218 Å². The summed E-state index contributed by atoms with van der Waals surface area (Å²) >= 11 is 0. The van der Waals surface area contributed by atoms with Crippen molar-refractivity contribution in [3.05, 3.63) is 95.6 Å². The lowest BCUT2D eigenvalue weighted by molar-refractivity contribution is 0.0974. The minimum Gasteiger partial charge on any atom is -0.307 e. The van der Waals surface area contributed by atoms with Gasteiger partial charge in [-0.05, 0) is 95.6 Å². The van der Waals surface area contributed by atoms with E-state index < -0.39 is 0 Å². The Balaban J connectivity index is 0.000000583. The highest BCUT2D eigenvalue weighted by Gasteiger charge is 2.35. The Morgan fingerprint density at radius 1 is 1.14 bits per heavy atom. The molecule has 0 spiro atoms. The van der Waals surface area contributed by atoms with Crippen molar-refractivity contribution in [2.24, 2.45) is 0 Å². The number of nitrogens with zero attached hydrogens (tertiary/aromatic N) is 2. The highest BCUT2D eigenvalue weighted by atomic mass is 16.2. The van der Waals surface area contributed by atoms with Crippen LogP contribution in [0.15, 0.2) is 73.3 Å². The molecule has 1 aliphatic heterocycles. The molecule has 0 fully saturated rings. The minimum atomic E-state index is -0.0739. The summed E-state index contributed by atoms with van der Waals surface area (Å²) < 4.78 is 0. The second kappa shape index (κ2) is 13.7. The van der Waals surface area contributed by atoms with Gasteiger partial charge < -0.3 is 9.80 Å². The van der Waals surface area contributed by atoms with Gasteiger partial charge in [0.25, 0.3) is 5.91 Å². The molecule has 1 amide bonds. The van der Waals surface area contributed by atoms with Crippen LogP contribution in [0.4, 0.5) is 5.69 Å². The van der Waals surface area contributed by atoms with Gasteiger partial charge in [0.05, 0.1) is 5.56 Å². The van der Waals surface area contributed by atoms with E-state index in [1.165, 1.54) is 11.1 Å². The molecule has 0 aromatic heterocycles. The van der Waals surface area contributed by atoms with Gasteiger partial charge in [0.2, 0.25) is 0 Å². The Bertz CT molecular complexity index is 1120. The Hall–Kier alpha value is -3.24. The van der Waals surface area contributed by atoms with Crippen LogP contribution in [0.3, 0.4) is 0 Å². The number of ketones is 1. The number of fused-ring (bicyclic) bond motifs is 2. The van der Waals surface area contributed by atoms with E-state index in [2.05, 4.69) is 38.1 Å². The first-order valence-electron chi connectivity index (χ1n) is 12.8. The summed E-state index contributed by atoms with van der Waals surface area (Å²) in [6.07, 6.45) is 5.54. The lowest BCUT2D eigenvalue weighted by Gasteiger charge is -2.21. The molecular formula is C32H42N2O2. The van der Waals surface area contributed by atoms with Crippen molar-refractivity contribution >= 4 is 23.0 Å². The molecular weight excluding hydrogens is 444 g/mol. The van der Waals surface area contributed by atoms with Gasteiger partial charge in [-0.25, -0.2) is 0 Å². The van der Waals surface area contributed by atoms with Gasteiger partial charge in [-0.1, -0.05) is 48.9 Å². The first-order valence-corrected chi connectivity index (χ1v) is 12.8. The summed E-state index contributed by atoms with van der Waals surface area (Å²) in [5.74, 6) is 0.184. The average molecular weight is 487 g/mol. The number of allylic oxidation sites excluding steroid dienone is 4. The summed E-state index contributed by atoms with van der Waals surface area (Å²) in [5, 5.41) is 0. The van der Waals surface area contributed by atoms with E-state index in [0.717, 1.165) is 42.8 Å². The maximum atomic E-state index is 13.5. The fourth-order valence-electron chi connectivity index (χ4n) is 4.62. The van der Waals surface area contributed by atoms with Crippen LogP contribution < -0.4 is 4.90 Å². The third-order valence-electron chi connectivity index (χ3n) is 6.09. The van der Waals surface area contributed by atoms with E-state index in [1.807, 2.05) is 62.9 Å². The first-order chi connectivity index (χ1) is 17.2. The maximum Gasteiger partial charge on any atom is 0.259 e. The number of hydrogen-bond donors (Lipinski definition) is 0. The van der Waals surface area contributed by atoms with Crippen molar-refractivity contribution < 1.29 is 9.59 Å². The van der Waals surface area contributed by atoms with E-state index >= 15 is 0 Å². The molecule has 2 aromatic rings. The standard InChI is InChI=1S/C25H28N2O2.C4H8.C3H6/c1-4-13-26(3)14-12-18-16-27(22-11-6-5-8-20(18)22)25(29)21-10-7-9-19-17(2)15-23(28)24(19)21;1-4(2)3;1-3-2/h5-11,15,18H,4,12-14,16H2,1-3H3;1H2,2-3H3;3H,1H2,2H3. The van der Waals surface area contributed by atoms with Gasteiger partial charge in [-0.3, -0.25) is 9.59 Å². The van der Waals surface area contributed by atoms with Crippen LogP contribution >= 0.6 is 0 Å². The van der Waals surface area contributed by atoms with E-state index in [4.69, 9.17) is 0 Å². The molecule has 0 radical (unpaired) electrons. The van der Waals surface area contributed by atoms with Crippen molar-refractivity contribution in [2.45, 2.75) is 53.4 Å². The molecule has 2 aromatic carbocycles. The van der Waals surface area contributed by atoms with Crippen LogP contribution in [0.1, 0.15) is 85.2 Å². The molecule has 4 rings (SSSR count). The van der Waals surface area contributed by atoms with Crippen LogP contribution in [-0.2, 0) is 0 Å². The van der Waals surface area contributed by atoms with E-state index in [9.17, 15) is 9.59 Å². The predicted octanol–water partition coefficient (Wildman–Crippen LogP) is 7.54. The normalized spacial score (nSPS) is 15.2. The summed E-state index contributed by atoms with van der Waals surface area (Å²) in [4.78, 5) is 30.3. The molecule has 192 valence electrons. The summed E-state index contributed by atoms with van der Waals surface area (Å²) in [6, 6.07) is 13.8. The zero-order chi connectivity index (χ0) is 26.8. The number of carbonyl (C=O) groups excluding carboxylic acids is 2. The molecule has 4 nitrogen and oxygen atoms in total. The number of rotatable bonds is 6. The van der Waals surface area contributed by atoms with Crippen molar-refractivity contribution in [1.29, 1.82) is 0 Å². The third-order valence-corrected chi connectivity index (χ3v) is 6.09. The van der Waals surface area contributed by atoms with Gasteiger partial charge in [0.1, 0.15) is 0 Å². The zero-order valence-corrected chi connectivity index (χ0v) is 22.9. The van der Waals surface area contributed by atoms with Gasteiger partial charge >= 0.3 is 0 Å². The van der Waals surface area contributed by atoms with Crippen LogP contribution in [0, 0.1) is 0 Å². The summed E-state index contributed by atoms with van der Waals surface area (Å²) in [5.41, 5.74) is 6.26. The molecule has 1 atom stereocenters. The SMILES string of the molecule is C=C(C)C.C=CC.CCCN(C)CCC1CN(C(=O)c2cccc3c2C(=O)C=C3C)c2ccccc21. The Morgan fingerprint density at radius 3 is 2.42 bits per heavy atom. The summed E-state index contributed by atoms with van der Waals surface area (Å²) in [7, 11) is 2.15. The molecule has 1 unspecified atom stereocenters. The zero-order valence-electron chi connectivity index (χ0n) is 22.9. The average Bonchev–Trinajstić information content (AvgIpc) is 3.35. The highest BCUT2D eigenvalue weighted by molar-refractivity contribution is 6.23. The van der Waals surface area contributed by atoms with Crippen LogP contribution in [0.2, 0.25) is 0 Å². The first kappa shape index (κ1) is 29.0. The molecule has 0 saturated heterocycles. The van der Waals surface area contributed by atoms with Crippen molar-refractivity contribution in [1.82, 2.24) is 4.90 Å². The Morgan fingerprint density at radius 2 is 1.78 bits per heavy atom. The number of hydrogen-bond acceptors (Lipinski definition) is 3. The van der Waals surface area contributed by atoms with E-state index in [0.29, 0.717) is 23.6 Å². The molecule has 0 N–H and O–H groups in total. The van der Waals surface area contributed by atoms with Crippen molar-refractivity contribution in [3.8, 4) is 0 Å². The van der Waals surface area contributed by atoms with Gasteiger partial charge in [0.15, 0.2) is 5.78 Å². The topological polar surface area (TPSA) is 40.6 Å². The molecule has 4 heteroatoms. The molecule has 0 bridgehead atoms. The van der Waals surface area contributed by atoms with Gasteiger partial charge in [-0.15, -0.1) is 13.2 Å². The van der Waals surface area contributed by atoms with Crippen molar-refractivity contribution in [2.75, 3.05) is 31.6 Å². The molecule has 1 heterocycles. The number of anilines is 1. The number of amides is 1. The van der Waals surface area contributed by atoms with Gasteiger partial charge in [-0.2, -0.15) is 0 Å². The maximum absolute atomic E-state index is 13.5. The third kappa shape index (κ3) is 7.14. The van der Waals surface area contributed by atoms with Gasteiger partial charge in [0, 0.05) is 23.7 Å². The fourth-order valence-corrected chi connectivity index (χ4v) is 4.62.